The average molecular weight is 452 g/mol. The number of methoxy groups -OCH3 is 1. The molecule has 1 aliphatic heterocycles. The van der Waals surface area contributed by atoms with Gasteiger partial charge in [0.1, 0.15) is 0 Å². The molecule has 0 aromatic carbocycles. The molecule has 5 nitrogen and oxygen atoms in total. The second-order valence-electron chi connectivity index (χ2n) is 5.53. The number of halogens is 1. The number of hydrogen-bond acceptors (Lipinski definition) is 4. The first-order valence-corrected chi connectivity index (χ1v) is 9.04. The zero-order valence-electron chi connectivity index (χ0n) is 14.1. The lowest BCUT2D eigenvalue weighted by Crippen LogP contribution is -2.45. The molecule has 7 heteroatoms. The maximum atomic E-state index is 5.20. The molecule has 0 bridgehead atoms. The minimum atomic E-state index is 0. The Labute approximate surface area is 160 Å². The van der Waals surface area contributed by atoms with Crippen molar-refractivity contribution in [3.05, 3.63) is 22.4 Å². The predicted octanol–water partition coefficient (Wildman–Crippen LogP) is 2.53. The van der Waals surface area contributed by atoms with Crippen LogP contribution in [0, 0.1) is 0 Å². The second-order valence-corrected chi connectivity index (χ2v) is 6.31. The van der Waals surface area contributed by atoms with Crippen LogP contribution in [-0.4, -0.2) is 56.8 Å². The molecule has 132 valence electrons. The van der Waals surface area contributed by atoms with Crippen LogP contribution >= 0.6 is 35.3 Å². The van der Waals surface area contributed by atoms with Gasteiger partial charge in [-0.05, 0) is 48.7 Å². The highest BCUT2D eigenvalue weighted by Gasteiger charge is 2.23. The van der Waals surface area contributed by atoms with E-state index in [2.05, 4.69) is 44.3 Å². The third-order valence-electron chi connectivity index (χ3n) is 3.93. The summed E-state index contributed by atoms with van der Waals surface area (Å²) in [4.78, 5) is 7.17. The van der Waals surface area contributed by atoms with Crippen LogP contribution in [0.15, 0.2) is 21.8 Å². The van der Waals surface area contributed by atoms with Crippen molar-refractivity contribution in [1.82, 2.24) is 15.5 Å². The molecule has 0 radical (unpaired) electrons. The van der Waals surface area contributed by atoms with E-state index in [0.29, 0.717) is 6.04 Å². The summed E-state index contributed by atoms with van der Waals surface area (Å²) in [5.74, 6) is 0.910. The summed E-state index contributed by atoms with van der Waals surface area (Å²) in [6.45, 7) is 7.67. The number of thiophene rings is 1. The number of nitrogens with zero attached hydrogens (tertiary/aromatic N) is 2. The molecule has 0 spiro atoms. The fourth-order valence-electron chi connectivity index (χ4n) is 2.74. The summed E-state index contributed by atoms with van der Waals surface area (Å²) in [5, 5.41) is 11.1. The van der Waals surface area contributed by atoms with E-state index in [9.17, 15) is 0 Å². The quantitative estimate of drug-likeness (QED) is 0.362. The van der Waals surface area contributed by atoms with Crippen LogP contribution in [0.3, 0.4) is 0 Å². The SMILES string of the molecule is CCNC(=NCc1ccsc1)NCC1CCCN1CCOC.I. The highest BCUT2D eigenvalue weighted by molar-refractivity contribution is 14.0. The van der Waals surface area contributed by atoms with E-state index in [1.807, 2.05) is 0 Å². The molecule has 0 amide bonds. The monoisotopic (exact) mass is 452 g/mol. The zero-order valence-corrected chi connectivity index (χ0v) is 17.2. The van der Waals surface area contributed by atoms with E-state index in [4.69, 9.17) is 4.74 Å². The highest BCUT2D eigenvalue weighted by Crippen LogP contribution is 2.15. The fourth-order valence-corrected chi connectivity index (χ4v) is 3.40. The van der Waals surface area contributed by atoms with E-state index >= 15 is 0 Å². The molecule has 0 aliphatic carbocycles. The van der Waals surface area contributed by atoms with E-state index < -0.39 is 0 Å². The van der Waals surface area contributed by atoms with Gasteiger partial charge < -0.3 is 15.4 Å². The summed E-state index contributed by atoms with van der Waals surface area (Å²) < 4.78 is 5.20. The first kappa shape index (κ1) is 20.7. The number of guanidine groups is 1. The first-order chi connectivity index (χ1) is 10.8. The van der Waals surface area contributed by atoms with Crippen LogP contribution in [0.1, 0.15) is 25.3 Å². The van der Waals surface area contributed by atoms with Crippen molar-refractivity contribution >= 4 is 41.3 Å². The molecular formula is C16H29IN4OS. The Morgan fingerprint density at radius 2 is 2.35 bits per heavy atom. The molecule has 1 fully saturated rings. The van der Waals surface area contributed by atoms with Gasteiger partial charge in [0, 0.05) is 32.8 Å². The summed E-state index contributed by atoms with van der Waals surface area (Å²) in [5.41, 5.74) is 1.27. The lowest BCUT2D eigenvalue weighted by atomic mass is 10.2. The van der Waals surface area contributed by atoms with Crippen molar-refractivity contribution in [1.29, 1.82) is 0 Å². The summed E-state index contributed by atoms with van der Waals surface area (Å²) in [7, 11) is 1.77. The van der Waals surface area contributed by atoms with Crippen LogP contribution in [0.4, 0.5) is 0 Å². The predicted molar refractivity (Wildman–Crippen MR) is 109 cm³/mol. The molecule has 1 aliphatic rings. The maximum absolute atomic E-state index is 5.20. The van der Waals surface area contributed by atoms with Gasteiger partial charge in [-0.1, -0.05) is 0 Å². The van der Waals surface area contributed by atoms with E-state index in [-0.39, 0.29) is 24.0 Å². The fraction of sp³-hybridized carbons (Fsp3) is 0.688. The van der Waals surface area contributed by atoms with Gasteiger partial charge in [-0.3, -0.25) is 4.90 Å². The van der Waals surface area contributed by atoms with Gasteiger partial charge >= 0.3 is 0 Å². The smallest absolute Gasteiger partial charge is 0.191 e. The Morgan fingerprint density at radius 1 is 1.48 bits per heavy atom. The first-order valence-electron chi connectivity index (χ1n) is 8.09. The standard InChI is InChI=1S/C16H28N4OS.HI/c1-3-17-16(18-11-14-6-10-22-13-14)19-12-15-5-4-7-20(15)8-9-21-2;/h6,10,13,15H,3-5,7-9,11-12H2,1-2H3,(H2,17,18,19);1H. The summed E-state index contributed by atoms with van der Waals surface area (Å²) >= 11 is 1.72. The third kappa shape index (κ3) is 7.36. The van der Waals surface area contributed by atoms with E-state index in [1.165, 1.54) is 24.9 Å². The second kappa shape index (κ2) is 12.0. The minimum Gasteiger partial charge on any atom is -0.383 e. The van der Waals surface area contributed by atoms with Crippen molar-refractivity contribution in [3.8, 4) is 0 Å². The van der Waals surface area contributed by atoms with Crippen LogP contribution in [0.5, 0.6) is 0 Å². The zero-order chi connectivity index (χ0) is 15.6. The normalized spacial score (nSPS) is 18.7. The number of aliphatic imine (C=N–C) groups is 1. The molecular weight excluding hydrogens is 423 g/mol. The molecule has 1 aromatic rings. The number of nitrogens with one attached hydrogen (secondary N) is 2. The third-order valence-corrected chi connectivity index (χ3v) is 4.66. The van der Waals surface area contributed by atoms with Crippen LogP contribution in [0.25, 0.3) is 0 Å². The lowest BCUT2D eigenvalue weighted by Gasteiger charge is -2.25. The molecule has 2 N–H and O–H groups in total. The van der Waals surface area contributed by atoms with Crippen LogP contribution in [-0.2, 0) is 11.3 Å². The van der Waals surface area contributed by atoms with Gasteiger partial charge in [-0.25, -0.2) is 4.99 Å². The van der Waals surface area contributed by atoms with Crippen LogP contribution < -0.4 is 10.6 Å². The lowest BCUT2D eigenvalue weighted by molar-refractivity contribution is 0.141. The van der Waals surface area contributed by atoms with Crippen molar-refractivity contribution in [2.24, 2.45) is 4.99 Å². The Kier molecular flexibility index (Phi) is 10.8. The highest BCUT2D eigenvalue weighted by atomic mass is 127. The van der Waals surface area contributed by atoms with Crippen molar-refractivity contribution in [2.75, 3.05) is 39.9 Å². The van der Waals surface area contributed by atoms with E-state index in [1.54, 1.807) is 18.4 Å². The topological polar surface area (TPSA) is 48.9 Å². The molecule has 1 aromatic heterocycles. The molecule has 23 heavy (non-hydrogen) atoms. The summed E-state index contributed by atoms with van der Waals surface area (Å²) in [6.07, 6.45) is 2.53. The largest absolute Gasteiger partial charge is 0.383 e. The molecule has 0 saturated carbocycles. The Bertz CT molecular complexity index is 441. The number of ether oxygens (including phenoxy) is 1. The molecule has 1 saturated heterocycles. The Balaban J connectivity index is 0.00000264. The van der Waals surface area contributed by atoms with Crippen molar-refractivity contribution in [2.45, 2.75) is 32.4 Å². The Hall–Kier alpha value is -0.380. The molecule has 1 unspecified atom stereocenters. The van der Waals surface area contributed by atoms with Gasteiger partial charge in [0.25, 0.3) is 0 Å². The maximum Gasteiger partial charge on any atom is 0.191 e. The number of likely N-dealkylation sites (tertiary alicyclic amines) is 1. The van der Waals surface area contributed by atoms with Gasteiger partial charge in [-0.2, -0.15) is 11.3 Å². The van der Waals surface area contributed by atoms with Gasteiger partial charge in [0.15, 0.2) is 5.96 Å². The van der Waals surface area contributed by atoms with Gasteiger partial charge in [0.05, 0.1) is 13.2 Å². The van der Waals surface area contributed by atoms with Crippen molar-refractivity contribution < 1.29 is 4.74 Å². The molecule has 1 atom stereocenters. The van der Waals surface area contributed by atoms with Gasteiger partial charge in [0.2, 0.25) is 0 Å². The number of hydrogen-bond donors (Lipinski definition) is 2. The molecule has 2 heterocycles. The minimum absolute atomic E-state index is 0. The van der Waals surface area contributed by atoms with E-state index in [0.717, 1.165) is 38.7 Å². The number of rotatable bonds is 8. The van der Waals surface area contributed by atoms with Crippen molar-refractivity contribution in [3.63, 3.8) is 0 Å². The van der Waals surface area contributed by atoms with Gasteiger partial charge in [-0.15, -0.1) is 24.0 Å². The Morgan fingerprint density at radius 3 is 3.04 bits per heavy atom. The molecule has 2 rings (SSSR count). The summed E-state index contributed by atoms with van der Waals surface area (Å²) in [6, 6.07) is 2.71. The van der Waals surface area contributed by atoms with Crippen LogP contribution in [0.2, 0.25) is 0 Å². The average Bonchev–Trinajstić information content (AvgIpc) is 3.19.